The zero-order chi connectivity index (χ0) is 21.3. The number of aromatic amines is 1. The van der Waals surface area contributed by atoms with Crippen molar-refractivity contribution in [2.75, 3.05) is 20.8 Å². The quantitative estimate of drug-likeness (QED) is 0.696. The lowest BCUT2D eigenvalue weighted by atomic mass is 10.0. The first kappa shape index (κ1) is 19.8. The highest BCUT2D eigenvalue weighted by Gasteiger charge is 2.32. The molecule has 30 heavy (non-hydrogen) atoms. The number of H-pyrrole nitrogens is 1. The Morgan fingerprint density at radius 3 is 2.70 bits per heavy atom. The van der Waals surface area contributed by atoms with Crippen LogP contribution >= 0.6 is 0 Å². The molecule has 1 unspecified atom stereocenters. The topological polar surface area (TPSA) is 93.6 Å². The highest BCUT2D eigenvalue weighted by atomic mass is 16.5. The van der Waals surface area contributed by atoms with E-state index in [0.717, 1.165) is 18.4 Å². The fraction of sp³-hybridized carbons (Fsp3) is 0.318. The molecule has 1 amide bonds. The summed E-state index contributed by atoms with van der Waals surface area (Å²) < 4.78 is 12.1. The Labute approximate surface area is 172 Å². The van der Waals surface area contributed by atoms with Crippen LogP contribution in [-0.4, -0.2) is 41.1 Å². The van der Waals surface area contributed by atoms with E-state index in [4.69, 9.17) is 9.47 Å². The van der Waals surface area contributed by atoms with E-state index in [0.29, 0.717) is 28.9 Å². The number of amides is 1. The van der Waals surface area contributed by atoms with E-state index >= 15 is 0 Å². The minimum absolute atomic E-state index is 0.148. The summed E-state index contributed by atoms with van der Waals surface area (Å²) in [6, 6.07) is 12.2. The monoisotopic (exact) mass is 409 g/mol. The minimum atomic E-state index is -0.593. The van der Waals surface area contributed by atoms with Crippen LogP contribution in [0, 0.1) is 0 Å². The highest BCUT2D eigenvalue weighted by molar-refractivity contribution is 5.82. The van der Waals surface area contributed by atoms with E-state index in [2.05, 4.69) is 4.98 Å². The molecule has 1 atom stereocenters. The molecule has 0 radical (unpaired) electrons. The van der Waals surface area contributed by atoms with Crippen molar-refractivity contribution in [1.82, 2.24) is 14.5 Å². The van der Waals surface area contributed by atoms with E-state index in [1.54, 1.807) is 49.5 Å². The first-order chi connectivity index (χ1) is 14.5. The molecular formula is C22H23N3O5. The average Bonchev–Trinajstić information content (AvgIpc) is 3.25. The van der Waals surface area contributed by atoms with Crippen LogP contribution in [0.3, 0.4) is 0 Å². The lowest BCUT2D eigenvalue weighted by molar-refractivity contribution is -0.132. The van der Waals surface area contributed by atoms with Crippen molar-refractivity contribution in [3.05, 3.63) is 68.9 Å². The molecule has 2 aromatic carbocycles. The van der Waals surface area contributed by atoms with Crippen LogP contribution in [0.5, 0.6) is 11.5 Å². The number of carbonyl (C=O) groups excluding carboxylic acids is 1. The summed E-state index contributed by atoms with van der Waals surface area (Å²) in [5.41, 5.74) is 0.298. The number of carbonyl (C=O) groups is 1. The molecule has 0 bridgehead atoms. The van der Waals surface area contributed by atoms with Gasteiger partial charge < -0.3 is 14.4 Å². The van der Waals surface area contributed by atoms with Gasteiger partial charge in [-0.3, -0.25) is 19.1 Å². The van der Waals surface area contributed by atoms with Gasteiger partial charge in [0.25, 0.3) is 5.56 Å². The lowest BCUT2D eigenvalue weighted by Crippen LogP contribution is -2.38. The smallest absolute Gasteiger partial charge is 0.329 e. The van der Waals surface area contributed by atoms with E-state index in [9.17, 15) is 14.4 Å². The summed E-state index contributed by atoms with van der Waals surface area (Å²) in [5.74, 6) is 1.15. The SMILES string of the molecule is COc1ccc(C2CCCN2C(=O)Cn2c(=O)[nH]c(=O)c3ccccc32)c(OC)c1. The van der Waals surface area contributed by atoms with Gasteiger partial charge in [0.05, 0.1) is 31.2 Å². The van der Waals surface area contributed by atoms with Crippen molar-refractivity contribution >= 4 is 16.8 Å². The zero-order valence-electron chi connectivity index (χ0n) is 16.9. The van der Waals surface area contributed by atoms with Crippen molar-refractivity contribution in [1.29, 1.82) is 0 Å². The van der Waals surface area contributed by atoms with Crippen LogP contribution in [-0.2, 0) is 11.3 Å². The molecule has 0 aliphatic carbocycles. The maximum absolute atomic E-state index is 13.2. The normalized spacial score (nSPS) is 16.1. The molecule has 8 nitrogen and oxygen atoms in total. The van der Waals surface area contributed by atoms with Crippen molar-refractivity contribution in [3.63, 3.8) is 0 Å². The predicted octanol–water partition coefficient (Wildman–Crippen LogP) is 2.07. The summed E-state index contributed by atoms with van der Waals surface area (Å²) in [6.07, 6.45) is 1.66. The molecular weight excluding hydrogens is 386 g/mol. The van der Waals surface area contributed by atoms with Gasteiger partial charge in [-0.1, -0.05) is 12.1 Å². The highest BCUT2D eigenvalue weighted by Crippen LogP contribution is 2.38. The van der Waals surface area contributed by atoms with Crippen molar-refractivity contribution in [3.8, 4) is 11.5 Å². The number of likely N-dealkylation sites (tertiary alicyclic amines) is 1. The van der Waals surface area contributed by atoms with Gasteiger partial charge in [0.15, 0.2) is 0 Å². The van der Waals surface area contributed by atoms with Gasteiger partial charge >= 0.3 is 5.69 Å². The maximum atomic E-state index is 13.2. The maximum Gasteiger partial charge on any atom is 0.329 e. The Balaban J connectivity index is 1.67. The Morgan fingerprint density at radius 2 is 1.93 bits per heavy atom. The first-order valence-corrected chi connectivity index (χ1v) is 9.76. The molecule has 3 aromatic rings. The number of hydrogen-bond acceptors (Lipinski definition) is 5. The molecule has 4 rings (SSSR count). The van der Waals surface area contributed by atoms with Crippen LogP contribution in [0.4, 0.5) is 0 Å². The fourth-order valence-electron chi connectivity index (χ4n) is 4.11. The Bertz CT molecular complexity index is 1210. The average molecular weight is 409 g/mol. The van der Waals surface area contributed by atoms with Gasteiger partial charge in [-0.25, -0.2) is 4.79 Å². The largest absolute Gasteiger partial charge is 0.497 e. The standard InChI is InChI=1S/C22H23N3O5/c1-29-14-9-10-15(19(12-14)30-2)17-8-5-11-24(17)20(26)13-25-18-7-4-3-6-16(18)21(27)23-22(25)28/h3-4,6-7,9-10,12,17H,5,8,11,13H2,1-2H3,(H,23,27,28). The summed E-state index contributed by atoms with van der Waals surface area (Å²) in [7, 11) is 3.18. The number of rotatable bonds is 5. The molecule has 1 aromatic heterocycles. The van der Waals surface area contributed by atoms with E-state index in [1.165, 1.54) is 4.57 Å². The van der Waals surface area contributed by atoms with Gasteiger partial charge in [0, 0.05) is 18.2 Å². The second-order valence-electron chi connectivity index (χ2n) is 7.22. The van der Waals surface area contributed by atoms with Crippen molar-refractivity contribution in [2.24, 2.45) is 0 Å². The number of benzene rings is 2. The molecule has 0 saturated carbocycles. The Kier molecular flexibility index (Phi) is 5.31. The second-order valence-corrected chi connectivity index (χ2v) is 7.22. The molecule has 0 spiro atoms. The third-order valence-electron chi connectivity index (χ3n) is 5.57. The number of nitrogens with zero attached hydrogens (tertiary/aromatic N) is 2. The molecule has 1 fully saturated rings. The fourth-order valence-corrected chi connectivity index (χ4v) is 4.11. The van der Waals surface area contributed by atoms with Crippen LogP contribution in [0.25, 0.3) is 10.9 Å². The van der Waals surface area contributed by atoms with Crippen LogP contribution in [0.15, 0.2) is 52.1 Å². The number of fused-ring (bicyclic) bond motifs is 1. The predicted molar refractivity (Wildman–Crippen MR) is 112 cm³/mol. The minimum Gasteiger partial charge on any atom is -0.497 e. The molecule has 1 aliphatic heterocycles. The number of hydrogen-bond donors (Lipinski definition) is 1. The lowest BCUT2D eigenvalue weighted by Gasteiger charge is -2.27. The number of aromatic nitrogens is 2. The summed E-state index contributed by atoms with van der Waals surface area (Å²) >= 11 is 0. The molecule has 1 aliphatic rings. The molecule has 2 heterocycles. The third kappa shape index (κ3) is 3.45. The van der Waals surface area contributed by atoms with E-state index in [-0.39, 0.29) is 18.5 Å². The summed E-state index contributed by atoms with van der Waals surface area (Å²) in [5, 5.41) is 0.375. The van der Waals surface area contributed by atoms with Crippen LogP contribution in [0.2, 0.25) is 0 Å². The van der Waals surface area contributed by atoms with Gasteiger partial charge in [-0.05, 0) is 37.1 Å². The molecule has 8 heteroatoms. The first-order valence-electron chi connectivity index (χ1n) is 9.76. The Hall–Kier alpha value is -3.55. The van der Waals surface area contributed by atoms with Gasteiger partial charge in [-0.2, -0.15) is 0 Å². The summed E-state index contributed by atoms with van der Waals surface area (Å²) in [4.78, 5) is 41.8. The number of para-hydroxylation sites is 1. The van der Waals surface area contributed by atoms with Gasteiger partial charge in [-0.15, -0.1) is 0 Å². The molecule has 156 valence electrons. The van der Waals surface area contributed by atoms with Crippen molar-refractivity contribution in [2.45, 2.75) is 25.4 Å². The number of methoxy groups -OCH3 is 2. The molecule has 1 saturated heterocycles. The third-order valence-corrected chi connectivity index (χ3v) is 5.57. The van der Waals surface area contributed by atoms with Crippen molar-refractivity contribution < 1.29 is 14.3 Å². The number of ether oxygens (including phenoxy) is 2. The second kappa shape index (κ2) is 8.06. The van der Waals surface area contributed by atoms with E-state index < -0.39 is 11.2 Å². The zero-order valence-corrected chi connectivity index (χ0v) is 16.9. The Morgan fingerprint density at radius 1 is 1.13 bits per heavy atom. The van der Waals surface area contributed by atoms with Crippen LogP contribution in [0.1, 0.15) is 24.4 Å². The van der Waals surface area contributed by atoms with Gasteiger partial charge in [0.2, 0.25) is 5.91 Å². The molecule has 1 N–H and O–H groups in total. The number of nitrogens with one attached hydrogen (secondary N) is 1. The van der Waals surface area contributed by atoms with E-state index in [1.807, 2.05) is 12.1 Å². The summed E-state index contributed by atoms with van der Waals surface area (Å²) in [6.45, 7) is 0.444. The van der Waals surface area contributed by atoms with Gasteiger partial charge in [0.1, 0.15) is 18.0 Å². The van der Waals surface area contributed by atoms with Crippen LogP contribution < -0.4 is 20.7 Å².